The number of nitrogens with zero attached hydrogens (tertiary/aromatic N) is 1. The summed E-state index contributed by atoms with van der Waals surface area (Å²) in [6.45, 7) is 1.12. The van der Waals surface area contributed by atoms with Crippen molar-refractivity contribution in [2.24, 2.45) is 0 Å². The Morgan fingerprint density at radius 3 is 2.71 bits per heavy atom. The van der Waals surface area contributed by atoms with E-state index in [2.05, 4.69) is 15.6 Å². The number of aryl methyl sites for hydroxylation is 1. The molecule has 0 radical (unpaired) electrons. The first-order valence-corrected chi connectivity index (χ1v) is 10.3. The third-order valence-electron chi connectivity index (χ3n) is 4.03. The van der Waals surface area contributed by atoms with Gasteiger partial charge in [0.1, 0.15) is 17.0 Å². The molecule has 3 aromatic rings. The predicted molar refractivity (Wildman–Crippen MR) is 115 cm³/mol. The number of ether oxygens (including phenoxy) is 2. The summed E-state index contributed by atoms with van der Waals surface area (Å²) >= 11 is 1.07. The molecule has 0 aliphatic carbocycles. The Balaban J connectivity index is 1.37. The van der Waals surface area contributed by atoms with Crippen LogP contribution in [0.15, 0.2) is 52.1 Å². The summed E-state index contributed by atoms with van der Waals surface area (Å²) in [6, 6.07) is 12.6. The molecule has 1 aromatic heterocycles. The minimum atomic E-state index is -0.601. The van der Waals surface area contributed by atoms with Crippen LogP contribution >= 0.6 is 11.8 Å². The lowest BCUT2D eigenvalue weighted by Gasteiger charge is -2.11. The number of anilines is 1. The number of oxazole rings is 1. The second kappa shape index (κ2) is 10.5. The topological polar surface area (TPSA) is 120 Å². The minimum Gasteiger partial charge on any atom is -0.495 e. The van der Waals surface area contributed by atoms with E-state index in [1.165, 1.54) is 7.11 Å². The van der Waals surface area contributed by atoms with E-state index in [-0.39, 0.29) is 12.3 Å². The second-order valence-corrected chi connectivity index (χ2v) is 7.35. The van der Waals surface area contributed by atoms with Gasteiger partial charge in [0.25, 0.3) is 11.1 Å². The van der Waals surface area contributed by atoms with Gasteiger partial charge < -0.3 is 24.5 Å². The molecular weight excluding hydrogens is 422 g/mol. The van der Waals surface area contributed by atoms with Gasteiger partial charge in [-0.05, 0) is 36.8 Å². The van der Waals surface area contributed by atoms with Crippen LogP contribution in [0.1, 0.15) is 5.56 Å². The van der Waals surface area contributed by atoms with Gasteiger partial charge >= 0.3 is 5.97 Å². The number of methoxy groups -OCH3 is 1. The third-order valence-corrected chi connectivity index (χ3v) is 4.83. The molecule has 10 heteroatoms. The number of hydrogen-bond donors (Lipinski definition) is 2. The van der Waals surface area contributed by atoms with Crippen LogP contribution in [0.25, 0.3) is 11.1 Å². The minimum absolute atomic E-state index is 0.0618. The number of thioether (sulfide) groups is 1. The van der Waals surface area contributed by atoms with Gasteiger partial charge in [0.15, 0.2) is 12.2 Å². The molecule has 0 unspecified atom stereocenters. The van der Waals surface area contributed by atoms with Gasteiger partial charge in [0.2, 0.25) is 5.91 Å². The van der Waals surface area contributed by atoms with E-state index in [9.17, 15) is 14.4 Å². The average Bonchev–Trinajstić information content (AvgIpc) is 3.18. The highest BCUT2D eigenvalue weighted by atomic mass is 32.2. The van der Waals surface area contributed by atoms with Crippen molar-refractivity contribution in [1.29, 1.82) is 0 Å². The third kappa shape index (κ3) is 6.48. The first kappa shape index (κ1) is 22.2. The van der Waals surface area contributed by atoms with Gasteiger partial charge in [-0.2, -0.15) is 0 Å². The van der Waals surface area contributed by atoms with Gasteiger partial charge in [0.05, 0.1) is 19.3 Å². The van der Waals surface area contributed by atoms with E-state index in [0.29, 0.717) is 27.8 Å². The molecule has 3 rings (SSSR count). The van der Waals surface area contributed by atoms with Crippen molar-refractivity contribution in [3.63, 3.8) is 0 Å². The number of nitrogens with one attached hydrogen (secondary N) is 2. The molecule has 31 heavy (non-hydrogen) atoms. The molecule has 2 aromatic carbocycles. The summed E-state index contributed by atoms with van der Waals surface area (Å²) in [6.07, 6.45) is 0. The number of para-hydroxylation sites is 2. The molecule has 9 nitrogen and oxygen atoms in total. The van der Waals surface area contributed by atoms with Crippen LogP contribution in [0.4, 0.5) is 5.69 Å². The van der Waals surface area contributed by atoms with Crippen LogP contribution in [0, 0.1) is 6.92 Å². The molecule has 0 atom stereocenters. The van der Waals surface area contributed by atoms with Crippen LogP contribution in [0.3, 0.4) is 0 Å². The van der Waals surface area contributed by atoms with Crippen molar-refractivity contribution in [2.75, 3.05) is 31.3 Å². The Kier molecular flexibility index (Phi) is 7.50. The average molecular weight is 443 g/mol. The molecule has 0 aliphatic heterocycles. The predicted octanol–water partition coefficient (Wildman–Crippen LogP) is 2.54. The van der Waals surface area contributed by atoms with Crippen molar-refractivity contribution in [1.82, 2.24) is 10.3 Å². The van der Waals surface area contributed by atoms with Gasteiger partial charge in [-0.3, -0.25) is 14.4 Å². The zero-order chi connectivity index (χ0) is 22.2. The summed E-state index contributed by atoms with van der Waals surface area (Å²) in [7, 11) is 1.50. The van der Waals surface area contributed by atoms with Crippen molar-refractivity contribution in [3.8, 4) is 5.75 Å². The molecule has 0 fully saturated rings. The van der Waals surface area contributed by atoms with Gasteiger partial charge in [-0.15, -0.1) is 0 Å². The van der Waals surface area contributed by atoms with Crippen LogP contribution < -0.4 is 15.4 Å². The molecule has 0 bridgehead atoms. The van der Waals surface area contributed by atoms with Crippen LogP contribution in [0.2, 0.25) is 0 Å². The number of rotatable bonds is 9. The maximum Gasteiger partial charge on any atom is 0.316 e. The Bertz CT molecular complexity index is 1060. The molecule has 1 heterocycles. The highest BCUT2D eigenvalue weighted by molar-refractivity contribution is 7.99. The van der Waals surface area contributed by atoms with Crippen LogP contribution in [-0.4, -0.2) is 48.8 Å². The number of amides is 2. The zero-order valence-electron chi connectivity index (χ0n) is 17.0. The molecule has 0 spiro atoms. The number of esters is 1. The van der Waals surface area contributed by atoms with Crippen LogP contribution in [-0.2, 0) is 19.1 Å². The standard InChI is InChI=1S/C21H21N3O6S/c1-13-7-8-16(28-2)15(9-13)23-18(25)10-22-19(26)11-29-20(27)12-31-21-24-14-5-3-4-6-17(14)30-21/h3-9H,10-12H2,1-2H3,(H,22,26)(H,23,25). The van der Waals surface area contributed by atoms with Gasteiger partial charge in [0, 0.05) is 0 Å². The Labute approximate surface area is 182 Å². The SMILES string of the molecule is COc1ccc(C)cc1NC(=O)CNC(=O)COC(=O)CSc1nc2ccccc2o1. The lowest BCUT2D eigenvalue weighted by molar-refractivity contribution is -0.146. The van der Waals surface area contributed by atoms with E-state index < -0.39 is 24.4 Å². The van der Waals surface area contributed by atoms with E-state index in [0.717, 1.165) is 17.3 Å². The number of fused-ring (bicyclic) bond motifs is 1. The van der Waals surface area contributed by atoms with Crippen molar-refractivity contribution in [3.05, 3.63) is 48.0 Å². The molecule has 0 aliphatic rings. The summed E-state index contributed by atoms with van der Waals surface area (Å²) in [5.74, 6) is -1.18. The summed E-state index contributed by atoms with van der Waals surface area (Å²) in [5, 5.41) is 5.40. The highest BCUT2D eigenvalue weighted by Gasteiger charge is 2.13. The fourth-order valence-electron chi connectivity index (χ4n) is 2.56. The number of hydrogen-bond acceptors (Lipinski definition) is 8. The Hall–Kier alpha value is -3.53. The number of carbonyl (C=O) groups excluding carboxylic acids is 3. The summed E-state index contributed by atoms with van der Waals surface area (Å²) in [4.78, 5) is 40.0. The number of carbonyl (C=O) groups is 3. The first-order valence-electron chi connectivity index (χ1n) is 9.30. The smallest absolute Gasteiger partial charge is 0.316 e. The van der Waals surface area contributed by atoms with Gasteiger partial charge in [-0.1, -0.05) is 30.0 Å². The van der Waals surface area contributed by atoms with E-state index in [4.69, 9.17) is 13.9 Å². The van der Waals surface area contributed by atoms with Crippen molar-refractivity contribution >= 4 is 46.3 Å². The largest absolute Gasteiger partial charge is 0.495 e. The van der Waals surface area contributed by atoms with E-state index >= 15 is 0 Å². The molecule has 162 valence electrons. The van der Waals surface area contributed by atoms with E-state index in [1.807, 2.05) is 25.1 Å². The van der Waals surface area contributed by atoms with Gasteiger partial charge in [-0.25, -0.2) is 4.98 Å². The molecule has 0 saturated heterocycles. The van der Waals surface area contributed by atoms with E-state index in [1.54, 1.807) is 24.3 Å². The fourth-order valence-corrected chi connectivity index (χ4v) is 3.20. The van der Waals surface area contributed by atoms with Crippen LogP contribution in [0.5, 0.6) is 5.75 Å². The normalized spacial score (nSPS) is 10.5. The molecular formula is C21H21N3O6S. The summed E-state index contributed by atoms with van der Waals surface area (Å²) in [5.41, 5.74) is 2.77. The second-order valence-electron chi connectivity index (χ2n) is 6.43. The molecule has 0 saturated carbocycles. The Morgan fingerprint density at radius 1 is 1.13 bits per heavy atom. The first-order chi connectivity index (χ1) is 14.9. The maximum atomic E-state index is 12.1. The quantitative estimate of drug-likeness (QED) is 0.382. The maximum absolute atomic E-state index is 12.1. The van der Waals surface area contributed by atoms with Crippen molar-refractivity contribution in [2.45, 2.75) is 12.1 Å². The summed E-state index contributed by atoms with van der Waals surface area (Å²) < 4.78 is 15.6. The monoisotopic (exact) mass is 443 g/mol. The number of benzene rings is 2. The highest BCUT2D eigenvalue weighted by Crippen LogP contribution is 2.25. The lowest BCUT2D eigenvalue weighted by atomic mass is 10.2. The van der Waals surface area contributed by atoms with Crippen molar-refractivity contribution < 1.29 is 28.3 Å². The molecule has 2 amide bonds. The molecule has 2 N–H and O–H groups in total. The fraction of sp³-hybridized carbons (Fsp3) is 0.238. The Morgan fingerprint density at radius 2 is 1.94 bits per heavy atom. The zero-order valence-corrected chi connectivity index (χ0v) is 17.8. The number of aromatic nitrogens is 1. The lowest BCUT2D eigenvalue weighted by Crippen LogP contribution is -2.35.